The van der Waals surface area contributed by atoms with Crippen molar-refractivity contribution in [3.05, 3.63) is 77.7 Å². The van der Waals surface area contributed by atoms with E-state index in [0.29, 0.717) is 24.0 Å². The van der Waals surface area contributed by atoms with E-state index < -0.39 is 5.60 Å². The van der Waals surface area contributed by atoms with E-state index in [2.05, 4.69) is 10.3 Å². The van der Waals surface area contributed by atoms with Crippen molar-refractivity contribution in [2.45, 2.75) is 19.1 Å². The van der Waals surface area contributed by atoms with Gasteiger partial charge in [0, 0.05) is 24.7 Å². The van der Waals surface area contributed by atoms with E-state index >= 15 is 0 Å². The Kier molecular flexibility index (Phi) is 4.37. The Morgan fingerprint density at radius 2 is 1.87 bits per heavy atom. The predicted molar refractivity (Wildman–Crippen MR) is 89.4 cm³/mol. The van der Waals surface area contributed by atoms with Crippen LogP contribution in [0.1, 0.15) is 18.1 Å². The fourth-order valence-corrected chi connectivity index (χ4v) is 2.68. The number of halogens is 1. The highest BCUT2D eigenvalue weighted by molar-refractivity contribution is 5.82. The molecule has 1 heterocycles. The minimum atomic E-state index is -0.968. The lowest BCUT2D eigenvalue weighted by Crippen LogP contribution is -2.35. The highest BCUT2D eigenvalue weighted by Gasteiger charge is 2.22. The third kappa shape index (κ3) is 3.38. The maximum atomic E-state index is 13.8. The number of rotatable bonds is 5. The highest BCUT2D eigenvalue weighted by Crippen LogP contribution is 2.21. The van der Waals surface area contributed by atoms with E-state index in [1.807, 2.05) is 30.3 Å². The van der Waals surface area contributed by atoms with Crippen LogP contribution >= 0.6 is 0 Å². The molecule has 0 aliphatic rings. The van der Waals surface area contributed by atoms with Gasteiger partial charge >= 0.3 is 0 Å². The van der Waals surface area contributed by atoms with Gasteiger partial charge in [-0.15, -0.1) is 0 Å². The predicted octanol–water partition coefficient (Wildman–Crippen LogP) is 3.37. The summed E-state index contributed by atoms with van der Waals surface area (Å²) in [4.78, 5) is 4.27. The van der Waals surface area contributed by atoms with Gasteiger partial charge in [0.15, 0.2) is 0 Å². The van der Waals surface area contributed by atoms with Gasteiger partial charge < -0.3 is 10.4 Å². The molecule has 0 fully saturated rings. The molecule has 0 saturated heterocycles. The summed E-state index contributed by atoms with van der Waals surface area (Å²) in [5.74, 6) is -0.270. The molecule has 0 aliphatic carbocycles. The minimum Gasteiger partial charge on any atom is -0.384 e. The lowest BCUT2D eigenvalue weighted by atomic mass is 9.96. The standard InChI is InChI=1S/C19H19FN2O/c1-19(23,15-6-3-2-4-7-15)13-21-12-14-9-10-17(20)16-8-5-11-22-18(14)16/h2-11,21,23H,12-13H2,1H3. The molecule has 3 rings (SSSR count). The molecule has 3 nitrogen and oxygen atoms in total. The third-order valence-corrected chi connectivity index (χ3v) is 3.98. The molecule has 4 heteroatoms. The summed E-state index contributed by atoms with van der Waals surface area (Å²) in [5.41, 5.74) is 1.45. The van der Waals surface area contributed by atoms with Crippen molar-refractivity contribution in [2.24, 2.45) is 0 Å². The Bertz CT molecular complexity index is 803. The second-order valence-corrected chi connectivity index (χ2v) is 5.85. The van der Waals surface area contributed by atoms with Gasteiger partial charge in [-0.1, -0.05) is 36.4 Å². The Morgan fingerprint density at radius 3 is 2.65 bits per heavy atom. The van der Waals surface area contributed by atoms with E-state index in [9.17, 15) is 9.50 Å². The lowest BCUT2D eigenvalue weighted by Gasteiger charge is -2.24. The normalized spacial score (nSPS) is 13.9. The molecule has 2 N–H and O–H groups in total. The summed E-state index contributed by atoms with van der Waals surface area (Å²) in [5, 5.41) is 14.3. The van der Waals surface area contributed by atoms with Crippen LogP contribution in [-0.4, -0.2) is 16.6 Å². The van der Waals surface area contributed by atoms with Gasteiger partial charge in [-0.2, -0.15) is 0 Å². The molecule has 2 aromatic carbocycles. The summed E-state index contributed by atoms with van der Waals surface area (Å²) in [6, 6.07) is 16.2. The molecule has 3 aromatic rings. The summed E-state index contributed by atoms with van der Waals surface area (Å²) in [6.07, 6.45) is 1.66. The summed E-state index contributed by atoms with van der Waals surface area (Å²) >= 11 is 0. The molecule has 0 radical (unpaired) electrons. The Hall–Kier alpha value is -2.30. The van der Waals surface area contributed by atoms with Crippen LogP contribution in [-0.2, 0) is 12.1 Å². The number of benzene rings is 2. The zero-order valence-electron chi connectivity index (χ0n) is 13.0. The minimum absolute atomic E-state index is 0.270. The fraction of sp³-hybridized carbons (Fsp3) is 0.211. The largest absolute Gasteiger partial charge is 0.384 e. The van der Waals surface area contributed by atoms with Crippen molar-refractivity contribution < 1.29 is 9.50 Å². The van der Waals surface area contributed by atoms with Crippen LogP contribution in [0.4, 0.5) is 4.39 Å². The van der Waals surface area contributed by atoms with Crippen LogP contribution in [0.2, 0.25) is 0 Å². The van der Waals surface area contributed by atoms with Crippen molar-refractivity contribution in [1.82, 2.24) is 10.3 Å². The molecule has 0 aliphatic heterocycles. The van der Waals surface area contributed by atoms with Gasteiger partial charge in [0.1, 0.15) is 5.82 Å². The molecule has 23 heavy (non-hydrogen) atoms. The maximum Gasteiger partial charge on any atom is 0.132 e. The van der Waals surface area contributed by atoms with Crippen LogP contribution in [0.15, 0.2) is 60.8 Å². The van der Waals surface area contributed by atoms with Crippen LogP contribution in [0.25, 0.3) is 10.9 Å². The van der Waals surface area contributed by atoms with Crippen molar-refractivity contribution >= 4 is 10.9 Å². The molecule has 0 bridgehead atoms. The molecule has 118 valence electrons. The average molecular weight is 310 g/mol. The Balaban J connectivity index is 1.73. The number of hydrogen-bond acceptors (Lipinski definition) is 3. The first-order valence-corrected chi connectivity index (χ1v) is 7.59. The zero-order chi connectivity index (χ0) is 16.3. The van der Waals surface area contributed by atoms with Gasteiger partial charge in [-0.05, 0) is 36.2 Å². The highest BCUT2D eigenvalue weighted by atomic mass is 19.1. The molecule has 0 saturated carbocycles. The van der Waals surface area contributed by atoms with E-state index in [1.165, 1.54) is 6.07 Å². The molecule has 1 aromatic heterocycles. The number of fused-ring (bicyclic) bond motifs is 1. The number of aromatic nitrogens is 1. The molecule has 1 unspecified atom stereocenters. The van der Waals surface area contributed by atoms with Gasteiger partial charge in [0.25, 0.3) is 0 Å². The van der Waals surface area contributed by atoms with Crippen molar-refractivity contribution in [3.63, 3.8) is 0 Å². The van der Waals surface area contributed by atoms with Gasteiger partial charge in [-0.25, -0.2) is 4.39 Å². The smallest absolute Gasteiger partial charge is 0.132 e. The van der Waals surface area contributed by atoms with Gasteiger partial charge in [0.05, 0.1) is 11.1 Å². The van der Waals surface area contributed by atoms with Gasteiger partial charge in [0.2, 0.25) is 0 Å². The first kappa shape index (κ1) is 15.6. The second-order valence-electron chi connectivity index (χ2n) is 5.85. The van der Waals surface area contributed by atoms with Gasteiger partial charge in [-0.3, -0.25) is 4.98 Å². The molecular formula is C19H19FN2O. The lowest BCUT2D eigenvalue weighted by molar-refractivity contribution is 0.0567. The van der Waals surface area contributed by atoms with E-state index in [4.69, 9.17) is 0 Å². The third-order valence-electron chi connectivity index (χ3n) is 3.98. The molecule has 0 spiro atoms. The van der Waals surface area contributed by atoms with Crippen molar-refractivity contribution in [1.29, 1.82) is 0 Å². The van der Waals surface area contributed by atoms with E-state index in [-0.39, 0.29) is 5.82 Å². The van der Waals surface area contributed by atoms with Crippen LogP contribution in [0.3, 0.4) is 0 Å². The van der Waals surface area contributed by atoms with E-state index in [1.54, 1.807) is 31.3 Å². The van der Waals surface area contributed by atoms with Crippen molar-refractivity contribution in [3.8, 4) is 0 Å². The quantitative estimate of drug-likeness (QED) is 0.759. The molecular weight excluding hydrogens is 291 g/mol. The monoisotopic (exact) mass is 310 g/mol. The summed E-state index contributed by atoms with van der Waals surface area (Å²) in [6.45, 7) is 2.68. The molecule has 0 amide bonds. The topological polar surface area (TPSA) is 45.1 Å². The SMILES string of the molecule is CC(O)(CNCc1ccc(F)c2cccnc12)c1ccccc1. The van der Waals surface area contributed by atoms with Crippen LogP contribution < -0.4 is 5.32 Å². The van der Waals surface area contributed by atoms with Crippen molar-refractivity contribution in [2.75, 3.05) is 6.54 Å². The Labute approximate surface area is 134 Å². The summed E-state index contributed by atoms with van der Waals surface area (Å²) < 4.78 is 13.8. The summed E-state index contributed by atoms with van der Waals surface area (Å²) in [7, 11) is 0. The number of hydrogen-bond donors (Lipinski definition) is 2. The first-order chi connectivity index (χ1) is 11.1. The first-order valence-electron chi connectivity index (χ1n) is 7.59. The van der Waals surface area contributed by atoms with Crippen LogP contribution in [0, 0.1) is 5.82 Å². The maximum absolute atomic E-state index is 13.8. The number of nitrogens with zero attached hydrogens (tertiary/aromatic N) is 1. The number of nitrogens with one attached hydrogen (secondary N) is 1. The van der Waals surface area contributed by atoms with Crippen LogP contribution in [0.5, 0.6) is 0 Å². The number of aliphatic hydroxyl groups is 1. The fourth-order valence-electron chi connectivity index (χ4n) is 2.68. The molecule has 1 atom stereocenters. The second kappa shape index (κ2) is 6.44. The number of pyridine rings is 1. The average Bonchev–Trinajstić information content (AvgIpc) is 2.58. The van der Waals surface area contributed by atoms with E-state index in [0.717, 1.165) is 11.1 Å². The zero-order valence-corrected chi connectivity index (χ0v) is 13.0. The Morgan fingerprint density at radius 1 is 1.09 bits per heavy atom.